The van der Waals surface area contributed by atoms with Gasteiger partial charge in [-0.05, 0) is 53.1 Å². The highest BCUT2D eigenvalue weighted by atomic mass is 15.1. The number of unbranched alkanes of at least 4 members (excludes halogenated alkanes) is 7. The second kappa shape index (κ2) is 16.6. The number of aryl methyl sites for hydroxylation is 1. The molecule has 0 atom stereocenters. The number of nitrogens with zero attached hydrogens (tertiary/aromatic N) is 2. The molecule has 0 spiro atoms. The number of hydrogen-bond donors (Lipinski definition) is 0. The summed E-state index contributed by atoms with van der Waals surface area (Å²) in [5.74, 6) is 0. The van der Waals surface area contributed by atoms with Crippen molar-refractivity contribution in [2.75, 3.05) is 34.2 Å². The Kier molecular flexibility index (Phi) is 16.0. The molecule has 2 nitrogen and oxygen atoms in total. The van der Waals surface area contributed by atoms with Crippen LogP contribution in [0.5, 0.6) is 0 Å². The molecule has 0 aliphatic heterocycles. The van der Waals surface area contributed by atoms with Gasteiger partial charge in [-0.25, -0.2) is 0 Å². The van der Waals surface area contributed by atoms with Crippen molar-refractivity contribution in [3.05, 3.63) is 35.4 Å². The Morgan fingerprint density at radius 3 is 1.72 bits per heavy atom. The van der Waals surface area contributed by atoms with E-state index >= 15 is 0 Å². The van der Waals surface area contributed by atoms with Gasteiger partial charge in [0, 0.05) is 6.54 Å². The van der Waals surface area contributed by atoms with Crippen molar-refractivity contribution >= 4 is 0 Å². The van der Waals surface area contributed by atoms with Crippen LogP contribution >= 0.6 is 0 Å². The molecule has 2 heteroatoms. The van der Waals surface area contributed by atoms with Gasteiger partial charge in [0.15, 0.2) is 0 Å². The standard InChI is InChI=1S/C12H27N.C11H17N/c1-4-5-6-7-8-9-10-11-12-13(2)3;1-4-12(3)9-11-7-5-10(2)6-8-11/h4-12H2,1-3H3;5-8H,4,9H2,1-3H3. The molecule has 0 unspecified atom stereocenters. The van der Waals surface area contributed by atoms with Gasteiger partial charge in [-0.3, -0.25) is 0 Å². The molecule has 0 saturated heterocycles. The summed E-state index contributed by atoms with van der Waals surface area (Å²) in [6, 6.07) is 8.72. The highest BCUT2D eigenvalue weighted by molar-refractivity contribution is 5.21. The minimum atomic E-state index is 1.05. The van der Waals surface area contributed by atoms with Gasteiger partial charge in [0.25, 0.3) is 0 Å². The van der Waals surface area contributed by atoms with Crippen LogP contribution in [-0.4, -0.2) is 44.0 Å². The number of rotatable bonds is 12. The molecule has 0 aliphatic carbocycles. The molecule has 1 aromatic carbocycles. The largest absolute Gasteiger partial charge is 0.309 e. The Morgan fingerprint density at radius 1 is 0.720 bits per heavy atom. The molecule has 0 radical (unpaired) electrons. The van der Waals surface area contributed by atoms with Gasteiger partial charge in [-0.2, -0.15) is 0 Å². The lowest BCUT2D eigenvalue weighted by molar-refractivity contribution is 0.346. The van der Waals surface area contributed by atoms with E-state index in [1.807, 2.05) is 0 Å². The van der Waals surface area contributed by atoms with E-state index in [-0.39, 0.29) is 0 Å². The zero-order valence-electron chi connectivity index (χ0n) is 18.0. The summed E-state index contributed by atoms with van der Waals surface area (Å²) < 4.78 is 0. The van der Waals surface area contributed by atoms with Crippen molar-refractivity contribution in [1.29, 1.82) is 0 Å². The summed E-state index contributed by atoms with van der Waals surface area (Å²) >= 11 is 0. The van der Waals surface area contributed by atoms with E-state index in [1.54, 1.807) is 0 Å². The van der Waals surface area contributed by atoms with Crippen LogP contribution in [0.15, 0.2) is 24.3 Å². The second-order valence-electron chi connectivity index (χ2n) is 7.59. The molecule has 0 amide bonds. The Balaban J connectivity index is 0.000000462. The first-order chi connectivity index (χ1) is 12.0. The molecule has 0 fully saturated rings. The van der Waals surface area contributed by atoms with Crippen LogP contribution in [0.3, 0.4) is 0 Å². The van der Waals surface area contributed by atoms with E-state index in [9.17, 15) is 0 Å². The van der Waals surface area contributed by atoms with Crippen LogP contribution in [-0.2, 0) is 6.54 Å². The zero-order chi connectivity index (χ0) is 18.9. The maximum Gasteiger partial charge on any atom is 0.0230 e. The lowest BCUT2D eigenvalue weighted by atomic mass is 10.1. The van der Waals surface area contributed by atoms with E-state index in [4.69, 9.17) is 0 Å². The van der Waals surface area contributed by atoms with E-state index in [2.05, 4.69) is 76.0 Å². The van der Waals surface area contributed by atoms with E-state index in [0.717, 1.165) is 13.1 Å². The Bertz CT molecular complexity index is 384. The minimum absolute atomic E-state index is 1.05. The summed E-state index contributed by atoms with van der Waals surface area (Å²) in [5, 5.41) is 0. The molecule has 0 bridgehead atoms. The Morgan fingerprint density at radius 2 is 1.24 bits per heavy atom. The predicted octanol–water partition coefficient (Wildman–Crippen LogP) is 6.14. The first-order valence-corrected chi connectivity index (χ1v) is 10.4. The van der Waals surface area contributed by atoms with Gasteiger partial charge in [-0.1, -0.05) is 88.6 Å². The third kappa shape index (κ3) is 16.4. The third-order valence-corrected chi connectivity index (χ3v) is 4.57. The Labute approximate surface area is 158 Å². The van der Waals surface area contributed by atoms with Crippen molar-refractivity contribution in [2.45, 2.75) is 78.7 Å². The number of benzene rings is 1. The van der Waals surface area contributed by atoms with Gasteiger partial charge in [0.1, 0.15) is 0 Å². The van der Waals surface area contributed by atoms with E-state index in [0.29, 0.717) is 0 Å². The average Bonchev–Trinajstić information content (AvgIpc) is 2.59. The summed E-state index contributed by atoms with van der Waals surface area (Å²) in [6.45, 7) is 9.98. The van der Waals surface area contributed by atoms with Gasteiger partial charge in [0.2, 0.25) is 0 Å². The van der Waals surface area contributed by atoms with Crippen LogP contribution in [0.25, 0.3) is 0 Å². The lowest BCUT2D eigenvalue weighted by Gasteiger charge is -2.13. The van der Waals surface area contributed by atoms with E-state index < -0.39 is 0 Å². The first-order valence-electron chi connectivity index (χ1n) is 10.4. The quantitative estimate of drug-likeness (QED) is 0.419. The summed E-state index contributed by atoms with van der Waals surface area (Å²) in [5.41, 5.74) is 2.72. The minimum Gasteiger partial charge on any atom is -0.309 e. The van der Waals surface area contributed by atoms with Crippen LogP contribution in [0.2, 0.25) is 0 Å². The summed E-state index contributed by atoms with van der Waals surface area (Å²) in [6.07, 6.45) is 11.4. The topological polar surface area (TPSA) is 6.48 Å². The molecule has 0 saturated carbocycles. The molecule has 1 rings (SSSR count). The van der Waals surface area contributed by atoms with Gasteiger partial charge in [0.05, 0.1) is 0 Å². The fourth-order valence-corrected chi connectivity index (χ4v) is 2.68. The normalized spacial score (nSPS) is 10.9. The van der Waals surface area contributed by atoms with Crippen LogP contribution in [0, 0.1) is 6.92 Å². The smallest absolute Gasteiger partial charge is 0.0230 e. The molecule has 146 valence electrons. The lowest BCUT2D eigenvalue weighted by Crippen LogP contribution is -2.16. The predicted molar refractivity (Wildman–Crippen MR) is 114 cm³/mol. The van der Waals surface area contributed by atoms with Crippen LogP contribution in [0.4, 0.5) is 0 Å². The second-order valence-corrected chi connectivity index (χ2v) is 7.59. The monoisotopic (exact) mass is 348 g/mol. The van der Waals surface area contributed by atoms with Gasteiger partial charge in [-0.15, -0.1) is 0 Å². The van der Waals surface area contributed by atoms with Gasteiger partial charge < -0.3 is 9.80 Å². The van der Waals surface area contributed by atoms with Gasteiger partial charge >= 0.3 is 0 Å². The summed E-state index contributed by atoms with van der Waals surface area (Å²) in [4.78, 5) is 4.57. The number of hydrogen-bond acceptors (Lipinski definition) is 2. The highest BCUT2D eigenvalue weighted by Gasteiger charge is 1.96. The highest BCUT2D eigenvalue weighted by Crippen LogP contribution is 2.08. The molecule has 0 N–H and O–H groups in total. The Hall–Kier alpha value is -0.860. The van der Waals surface area contributed by atoms with Crippen molar-refractivity contribution in [2.24, 2.45) is 0 Å². The van der Waals surface area contributed by atoms with Crippen LogP contribution < -0.4 is 0 Å². The zero-order valence-corrected chi connectivity index (χ0v) is 18.0. The van der Waals surface area contributed by atoms with E-state index in [1.165, 1.54) is 69.0 Å². The third-order valence-electron chi connectivity index (χ3n) is 4.57. The molecular weight excluding hydrogens is 304 g/mol. The molecule has 0 aliphatic rings. The SMILES string of the molecule is CCCCCCCCCCN(C)C.CCN(C)Cc1ccc(C)cc1. The maximum absolute atomic E-state index is 2.30. The van der Waals surface area contributed by atoms with Crippen molar-refractivity contribution < 1.29 is 0 Å². The van der Waals surface area contributed by atoms with Crippen LogP contribution in [0.1, 0.15) is 76.3 Å². The average molecular weight is 349 g/mol. The fourth-order valence-electron chi connectivity index (χ4n) is 2.68. The molecular formula is C23H44N2. The van der Waals surface area contributed by atoms with Crippen molar-refractivity contribution in [3.8, 4) is 0 Å². The summed E-state index contributed by atoms with van der Waals surface area (Å²) in [7, 11) is 6.45. The van der Waals surface area contributed by atoms with Crippen molar-refractivity contribution in [1.82, 2.24) is 9.80 Å². The maximum atomic E-state index is 2.30. The molecule has 0 aromatic heterocycles. The van der Waals surface area contributed by atoms with Crippen molar-refractivity contribution in [3.63, 3.8) is 0 Å². The molecule has 1 aromatic rings. The molecule has 0 heterocycles. The molecule has 25 heavy (non-hydrogen) atoms. The first kappa shape index (κ1) is 24.1. The fraction of sp³-hybridized carbons (Fsp3) is 0.739.